The van der Waals surface area contributed by atoms with E-state index in [2.05, 4.69) is 10.3 Å². The van der Waals surface area contributed by atoms with Crippen molar-refractivity contribution in [1.29, 1.82) is 0 Å². The van der Waals surface area contributed by atoms with Gasteiger partial charge in [-0.3, -0.25) is 9.36 Å². The number of furan rings is 1. The minimum atomic E-state index is -0.288. The number of carbonyl (C=O) groups excluding carboxylic acids is 1. The Kier molecular flexibility index (Phi) is 6.08. The van der Waals surface area contributed by atoms with Gasteiger partial charge in [0.2, 0.25) is 5.91 Å². The first-order chi connectivity index (χ1) is 14.5. The highest BCUT2D eigenvalue weighted by molar-refractivity contribution is 8.00. The van der Waals surface area contributed by atoms with Crippen LogP contribution in [0.5, 0.6) is 0 Å². The molecule has 1 N–H and O–H groups in total. The molecule has 0 unspecified atom stereocenters. The van der Waals surface area contributed by atoms with Gasteiger partial charge in [-0.15, -0.1) is 0 Å². The Balaban J connectivity index is 1.53. The summed E-state index contributed by atoms with van der Waals surface area (Å²) >= 11 is 1.34. The van der Waals surface area contributed by atoms with Crippen molar-refractivity contribution < 1.29 is 9.21 Å². The molecular weight excluding hydrogens is 398 g/mol. The largest absolute Gasteiger partial charge is 0.467 e. The SMILES string of the molecule is Cc1cccc(NC(=O)CSc2nc(=O)n(Cc3ccco3)c3c2CCCC3)c1C. The molecule has 30 heavy (non-hydrogen) atoms. The van der Waals surface area contributed by atoms with Crippen molar-refractivity contribution >= 4 is 23.4 Å². The summed E-state index contributed by atoms with van der Waals surface area (Å²) in [6.07, 6.45) is 5.44. The number of nitrogens with one attached hydrogen (secondary N) is 1. The number of thioether (sulfide) groups is 1. The fraction of sp³-hybridized carbons (Fsp3) is 0.348. The minimum absolute atomic E-state index is 0.0974. The van der Waals surface area contributed by atoms with Crippen LogP contribution in [0, 0.1) is 13.8 Å². The molecule has 0 bridgehead atoms. The number of benzene rings is 1. The predicted molar refractivity (Wildman–Crippen MR) is 118 cm³/mol. The van der Waals surface area contributed by atoms with Gasteiger partial charge in [-0.25, -0.2) is 4.79 Å². The highest BCUT2D eigenvalue weighted by Crippen LogP contribution is 2.29. The van der Waals surface area contributed by atoms with Gasteiger partial charge in [0.05, 0.1) is 18.6 Å². The summed E-state index contributed by atoms with van der Waals surface area (Å²) in [7, 11) is 0. The maximum absolute atomic E-state index is 12.8. The second-order valence-corrected chi connectivity index (χ2v) is 8.55. The summed E-state index contributed by atoms with van der Waals surface area (Å²) in [5.74, 6) is 0.855. The standard InChI is InChI=1S/C23H25N3O3S/c1-15-7-5-10-19(16(15)2)24-21(27)14-30-22-18-9-3-4-11-20(18)26(23(28)25-22)13-17-8-6-12-29-17/h5-8,10,12H,3-4,9,11,13-14H2,1-2H3,(H,24,27). The van der Waals surface area contributed by atoms with Gasteiger partial charge in [0.15, 0.2) is 0 Å². The molecule has 0 spiro atoms. The van der Waals surface area contributed by atoms with Gasteiger partial charge in [0.25, 0.3) is 0 Å². The number of hydrogen-bond donors (Lipinski definition) is 1. The van der Waals surface area contributed by atoms with Crippen LogP contribution in [0.2, 0.25) is 0 Å². The van der Waals surface area contributed by atoms with Gasteiger partial charge in [-0.05, 0) is 68.9 Å². The van der Waals surface area contributed by atoms with Crippen LogP contribution < -0.4 is 11.0 Å². The normalized spacial score (nSPS) is 13.1. The lowest BCUT2D eigenvalue weighted by molar-refractivity contribution is -0.113. The Bertz CT molecular complexity index is 1120. The molecule has 2 heterocycles. The lowest BCUT2D eigenvalue weighted by atomic mass is 9.97. The Labute approximate surface area is 179 Å². The average Bonchev–Trinajstić information content (AvgIpc) is 3.25. The Morgan fingerprint density at radius 2 is 2.03 bits per heavy atom. The molecule has 156 valence electrons. The summed E-state index contributed by atoms with van der Waals surface area (Å²) in [6, 6.07) is 9.54. The van der Waals surface area contributed by atoms with Crippen molar-refractivity contribution in [2.75, 3.05) is 11.1 Å². The first-order valence-corrected chi connectivity index (χ1v) is 11.2. The van der Waals surface area contributed by atoms with E-state index in [1.165, 1.54) is 11.8 Å². The minimum Gasteiger partial charge on any atom is -0.467 e. The number of aromatic nitrogens is 2. The maximum atomic E-state index is 12.8. The summed E-state index contributed by atoms with van der Waals surface area (Å²) < 4.78 is 7.14. The summed E-state index contributed by atoms with van der Waals surface area (Å²) in [5.41, 5.74) is 4.85. The zero-order valence-corrected chi connectivity index (χ0v) is 18.1. The Morgan fingerprint density at radius 1 is 1.20 bits per heavy atom. The molecule has 0 aliphatic heterocycles. The molecule has 1 aliphatic rings. The molecule has 0 fully saturated rings. The van der Waals surface area contributed by atoms with E-state index in [1.807, 2.05) is 44.2 Å². The number of carbonyl (C=O) groups is 1. The predicted octanol–water partition coefficient (Wildman–Crippen LogP) is 4.11. The number of fused-ring (bicyclic) bond motifs is 1. The molecule has 0 saturated heterocycles. The van der Waals surface area contributed by atoms with Crippen LogP contribution in [0.4, 0.5) is 5.69 Å². The van der Waals surface area contributed by atoms with E-state index in [4.69, 9.17) is 4.42 Å². The molecule has 7 heteroatoms. The van der Waals surface area contributed by atoms with Crippen LogP contribution in [-0.4, -0.2) is 21.2 Å². The van der Waals surface area contributed by atoms with E-state index in [-0.39, 0.29) is 17.3 Å². The second kappa shape index (κ2) is 8.92. The van der Waals surface area contributed by atoms with Crippen molar-refractivity contribution in [2.24, 2.45) is 0 Å². The van der Waals surface area contributed by atoms with Gasteiger partial charge in [0, 0.05) is 16.9 Å². The third-order valence-corrected chi connectivity index (χ3v) is 6.58. The third kappa shape index (κ3) is 4.36. The number of amides is 1. The fourth-order valence-corrected chi connectivity index (χ4v) is 4.67. The first-order valence-electron chi connectivity index (χ1n) is 10.2. The zero-order valence-electron chi connectivity index (χ0n) is 17.2. The summed E-state index contributed by atoms with van der Waals surface area (Å²) in [5, 5.41) is 3.66. The van der Waals surface area contributed by atoms with Gasteiger partial charge < -0.3 is 9.73 Å². The van der Waals surface area contributed by atoms with Gasteiger partial charge in [0.1, 0.15) is 10.8 Å². The molecule has 1 aliphatic carbocycles. The van der Waals surface area contributed by atoms with E-state index in [0.29, 0.717) is 11.6 Å². The molecule has 0 saturated carbocycles. The average molecular weight is 424 g/mol. The van der Waals surface area contributed by atoms with Crippen LogP contribution in [0.25, 0.3) is 0 Å². The van der Waals surface area contributed by atoms with Gasteiger partial charge in [-0.1, -0.05) is 23.9 Å². The maximum Gasteiger partial charge on any atom is 0.349 e. The molecule has 1 aromatic carbocycles. The van der Waals surface area contributed by atoms with Crippen molar-refractivity contribution in [3.63, 3.8) is 0 Å². The molecule has 4 rings (SSSR count). The monoisotopic (exact) mass is 423 g/mol. The quantitative estimate of drug-likeness (QED) is 0.477. The number of hydrogen-bond acceptors (Lipinski definition) is 5. The number of rotatable bonds is 6. The lowest BCUT2D eigenvalue weighted by Gasteiger charge is -2.22. The molecule has 3 aromatic rings. The molecule has 1 amide bonds. The number of nitrogens with zero attached hydrogens (tertiary/aromatic N) is 2. The van der Waals surface area contributed by atoms with Crippen molar-refractivity contribution in [3.8, 4) is 0 Å². The van der Waals surface area contributed by atoms with Gasteiger partial charge >= 0.3 is 5.69 Å². The number of anilines is 1. The summed E-state index contributed by atoms with van der Waals surface area (Å²) in [6.45, 7) is 4.40. The molecular formula is C23H25N3O3S. The van der Waals surface area contributed by atoms with Crippen LogP contribution in [0.1, 0.15) is 41.0 Å². The van der Waals surface area contributed by atoms with E-state index < -0.39 is 0 Å². The Hall–Kier alpha value is -2.80. The van der Waals surface area contributed by atoms with Crippen molar-refractivity contribution in [1.82, 2.24) is 9.55 Å². The van der Waals surface area contributed by atoms with E-state index in [1.54, 1.807) is 10.8 Å². The Morgan fingerprint density at radius 3 is 2.83 bits per heavy atom. The first kappa shape index (κ1) is 20.5. The van der Waals surface area contributed by atoms with E-state index in [0.717, 1.165) is 59.5 Å². The molecule has 6 nitrogen and oxygen atoms in total. The van der Waals surface area contributed by atoms with Crippen molar-refractivity contribution in [2.45, 2.75) is 51.1 Å². The highest BCUT2D eigenvalue weighted by Gasteiger charge is 2.21. The third-order valence-electron chi connectivity index (χ3n) is 5.56. The highest BCUT2D eigenvalue weighted by atomic mass is 32.2. The van der Waals surface area contributed by atoms with Crippen LogP contribution in [0.15, 0.2) is 50.8 Å². The number of aryl methyl sites for hydroxylation is 1. The van der Waals surface area contributed by atoms with Crippen LogP contribution >= 0.6 is 11.8 Å². The van der Waals surface area contributed by atoms with E-state index >= 15 is 0 Å². The zero-order chi connectivity index (χ0) is 21.1. The van der Waals surface area contributed by atoms with Crippen LogP contribution in [0.3, 0.4) is 0 Å². The molecule has 2 aromatic heterocycles. The lowest BCUT2D eigenvalue weighted by Crippen LogP contribution is -2.30. The molecule has 0 radical (unpaired) electrons. The van der Waals surface area contributed by atoms with Crippen LogP contribution in [-0.2, 0) is 24.2 Å². The fourth-order valence-electron chi connectivity index (χ4n) is 3.80. The molecule has 0 atom stereocenters. The van der Waals surface area contributed by atoms with Crippen molar-refractivity contribution in [3.05, 3.63) is 75.2 Å². The van der Waals surface area contributed by atoms with E-state index in [9.17, 15) is 9.59 Å². The topological polar surface area (TPSA) is 77.1 Å². The second-order valence-electron chi connectivity index (χ2n) is 7.58. The summed E-state index contributed by atoms with van der Waals surface area (Å²) in [4.78, 5) is 29.6. The van der Waals surface area contributed by atoms with Gasteiger partial charge in [-0.2, -0.15) is 4.98 Å². The smallest absolute Gasteiger partial charge is 0.349 e.